The lowest BCUT2D eigenvalue weighted by atomic mass is 9.89. The lowest BCUT2D eigenvalue weighted by Gasteiger charge is -2.25. The predicted molar refractivity (Wildman–Crippen MR) is 46.5 cm³/mol. The molecule has 60 valence electrons. The van der Waals surface area contributed by atoms with Crippen LogP contribution in [0.2, 0.25) is 0 Å². The summed E-state index contributed by atoms with van der Waals surface area (Å²) in [6.45, 7) is 0. The number of hydrogen-bond acceptors (Lipinski definition) is 1. The molecular formula is C8H15BrO. The molecule has 0 spiro atoms. The van der Waals surface area contributed by atoms with Crippen LogP contribution >= 0.6 is 15.9 Å². The molecule has 0 heterocycles. The van der Waals surface area contributed by atoms with Crippen LogP contribution in [-0.2, 0) is 4.74 Å². The van der Waals surface area contributed by atoms with Gasteiger partial charge in [-0.1, -0.05) is 15.9 Å². The number of methoxy groups -OCH3 is 1. The number of alkyl halides is 1. The minimum Gasteiger partial charge on any atom is -0.381 e. The van der Waals surface area contributed by atoms with E-state index in [4.69, 9.17) is 4.74 Å². The van der Waals surface area contributed by atoms with Gasteiger partial charge in [0.2, 0.25) is 0 Å². The van der Waals surface area contributed by atoms with Crippen LogP contribution in [0.3, 0.4) is 0 Å². The van der Waals surface area contributed by atoms with Crippen LogP contribution in [0.5, 0.6) is 0 Å². The third-order valence-electron chi connectivity index (χ3n) is 2.35. The Morgan fingerprint density at radius 2 is 1.90 bits per heavy atom. The molecule has 0 amide bonds. The molecule has 1 aliphatic rings. The maximum atomic E-state index is 5.27. The monoisotopic (exact) mass is 206 g/mol. The predicted octanol–water partition coefficient (Wildman–Crippen LogP) is 2.59. The maximum Gasteiger partial charge on any atom is 0.0571 e. The van der Waals surface area contributed by atoms with E-state index in [0.717, 1.165) is 5.92 Å². The first-order valence-electron chi connectivity index (χ1n) is 3.95. The van der Waals surface area contributed by atoms with E-state index in [1.807, 2.05) is 7.11 Å². The summed E-state index contributed by atoms with van der Waals surface area (Å²) in [7, 11) is 1.82. The molecule has 0 aromatic carbocycles. The zero-order valence-electron chi connectivity index (χ0n) is 6.48. The molecule has 1 fully saturated rings. The highest BCUT2D eigenvalue weighted by atomic mass is 79.9. The molecule has 1 rings (SSSR count). The average Bonchev–Trinajstić information content (AvgIpc) is 2.05. The van der Waals surface area contributed by atoms with Crippen molar-refractivity contribution in [3.05, 3.63) is 0 Å². The van der Waals surface area contributed by atoms with Crippen molar-refractivity contribution < 1.29 is 4.74 Å². The van der Waals surface area contributed by atoms with E-state index in [9.17, 15) is 0 Å². The second-order valence-electron chi connectivity index (χ2n) is 3.03. The summed E-state index contributed by atoms with van der Waals surface area (Å²) in [5, 5.41) is 1.17. The fraction of sp³-hybridized carbons (Fsp3) is 1.00. The summed E-state index contributed by atoms with van der Waals surface area (Å²) in [6, 6.07) is 0. The zero-order chi connectivity index (χ0) is 7.40. The van der Waals surface area contributed by atoms with Gasteiger partial charge in [0.15, 0.2) is 0 Å². The Labute approximate surface area is 71.3 Å². The fourth-order valence-electron chi connectivity index (χ4n) is 1.52. The molecule has 0 atom stereocenters. The molecule has 0 aromatic rings. The van der Waals surface area contributed by atoms with Crippen LogP contribution in [0.25, 0.3) is 0 Å². The maximum absolute atomic E-state index is 5.27. The van der Waals surface area contributed by atoms with Gasteiger partial charge in [-0.3, -0.25) is 0 Å². The molecule has 0 radical (unpaired) electrons. The van der Waals surface area contributed by atoms with Gasteiger partial charge < -0.3 is 4.74 Å². The Kier molecular flexibility index (Phi) is 3.71. The SMILES string of the molecule is CO[C@H]1CC[C@@H](CBr)CC1. The lowest BCUT2D eigenvalue weighted by molar-refractivity contribution is 0.0601. The molecule has 1 aliphatic carbocycles. The molecule has 0 aliphatic heterocycles. The molecule has 1 nitrogen and oxygen atoms in total. The van der Waals surface area contributed by atoms with Crippen molar-refractivity contribution >= 4 is 15.9 Å². The van der Waals surface area contributed by atoms with Gasteiger partial charge in [0.25, 0.3) is 0 Å². The standard InChI is InChI=1S/C8H15BrO/c1-10-8-4-2-7(6-9)3-5-8/h7-8H,2-6H2,1H3/t7-,8+. The van der Waals surface area contributed by atoms with Gasteiger partial charge in [-0.05, 0) is 31.6 Å². The van der Waals surface area contributed by atoms with Gasteiger partial charge in [0.05, 0.1) is 6.10 Å². The van der Waals surface area contributed by atoms with E-state index in [1.165, 1.54) is 31.0 Å². The quantitative estimate of drug-likeness (QED) is 0.632. The number of halogens is 1. The van der Waals surface area contributed by atoms with Crippen LogP contribution in [0.1, 0.15) is 25.7 Å². The Morgan fingerprint density at radius 1 is 1.30 bits per heavy atom. The Balaban J connectivity index is 2.17. The smallest absolute Gasteiger partial charge is 0.0571 e. The molecule has 0 aromatic heterocycles. The van der Waals surface area contributed by atoms with Crippen molar-refractivity contribution in [2.45, 2.75) is 31.8 Å². The Hall–Kier alpha value is 0.440. The van der Waals surface area contributed by atoms with Crippen LogP contribution < -0.4 is 0 Å². The van der Waals surface area contributed by atoms with Gasteiger partial charge in [0.1, 0.15) is 0 Å². The first-order valence-corrected chi connectivity index (χ1v) is 5.07. The van der Waals surface area contributed by atoms with E-state index in [1.54, 1.807) is 0 Å². The Morgan fingerprint density at radius 3 is 2.30 bits per heavy atom. The molecule has 0 bridgehead atoms. The highest BCUT2D eigenvalue weighted by Gasteiger charge is 2.19. The summed E-state index contributed by atoms with van der Waals surface area (Å²) < 4.78 is 5.27. The molecular weight excluding hydrogens is 192 g/mol. The van der Waals surface area contributed by atoms with Crippen molar-refractivity contribution in [2.75, 3.05) is 12.4 Å². The van der Waals surface area contributed by atoms with Crippen molar-refractivity contribution in [1.29, 1.82) is 0 Å². The summed E-state index contributed by atoms with van der Waals surface area (Å²) in [6.07, 6.45) is 5.74. The van der Waals surface area contributed by atoms with Crippen LogP contribution in [0, 0.1) is 5.92 Å². The van der Waals surface area contributed by atoms with Crippen molar-refractivity contribution in [3.8, 4) is 0 Å². The van der Waals surface area contributed by atoms with E-state index >= 15 is 0 Å². The van der Waals surface area contributed by atoms with Gasteiger partial charge in [-0.25, -0.2) is 0 Å². The fourth-order valence-corrected chi connectivity index (χ4v) is 2.17. The first kappa shape index (κ1) is 8.54. The van der Waals surface area contributed by atoms with E-state index in [2.05, 4.69) is 15.9 Å². The second kappa shape index (κ2) is 4.35. The van der Waals surface area contributed by atoms with E-state index in [0.29, 0.717) is 6.10 Å². The summed E-state index contributed by atoms with van der Waals surface area (Å²) in [5.41, 5.74) is 0. The summed E-state index contributed by atoms with van der Waals surface area (Å²) in [4.78, 5) is 0. The summed E-state index contributed by atoms with van der Waals surface area (Å²) >= 11 is 3.51. The zero-order valence-corrected chi connectivity index (χ0v) is 8.06. The normalized spacial score (nSPS) is 34.2. The van der Waals surface area contributed by atoms with Gasteiger partial charge >= 0.3 is 0 Å². The highest BCUT2D eigenvalue weighted by Crippen LogP contribution is 2.26. The number of rotatable bonds is 2. The molecule has 0 saturated heterocycles. The van der Waals surface area contributed by atoms with Gasteiger partial charge in [-0.15, -0.1) is 0 Å². The minimum absolute atomic E-state index is 0.551. The van der Waals surface area contributed by atoms with Crippen LogP contribution in [-0.4, -0.2) is 18.5 Å². The Bertz CT molecular complexity index is 75.3. The van der Waals surface area contributed by atoms with Crippen molar-refractivity contribution in [3.63, 3.8) is 0 Å². The molecule has 1 saturated carbocycles. The highest BCUT2D eigenvalue weighted by molar-refractivity contribution is 9.09. The molecule has 10 heavy (non-hydrogen) atoms. The van der Waals surface area contributed by atoms with E-state index < -0.39 is 0 Å². The van der Waals surface area contributed by atoms with Crippen molar-refractivity contribution in [2.24, 2.45) is 5.92 Å². The topological polar surface area (TPSA) is 9.23 Å². The average molecular weight is 207 g/mol. The number of ether oxygens (including phenoxy) is 1. The minimum atomic E-state index is 0.551. The second-order valence-corrected chi connectivity index (χ2v) is 3.68. The van der Waals surface area contributed by atoms with Crippen molar-refractivity contribution in [1.82, 2.24) is 0 Å². The van der Waals surface area contributed by atoms with Gasteiger partial charge in [-0.2, -0.15) is 0 Å². The first-order chi connectivity index (χ1) is 4.86. The summed E-state index contributed by atoms with van der Waals surface area (Å²) in [5.74, 6) is 0.909. The molecule has 0 N–H and O–H groups in total. The van der Waals surface area contributed by atoms with Gasteiger partial charge in [0, 0.05) is 12.4 Å². The number of hydrogen-bond donors (Lipinski definition) is 0. The molecule has 2 heteroatoms. The lowest BCUT2D eigenvalue weighted by Crippen LogP contribution is -2.20. The molecule has 0 unspecified atom stereocenters. The van der Waals surface area contributed by atoms with E-state index in [-0.39, 0.29) is 0 Å². The third kappa shape index (κ3) is 2.24. The largest absolute Gasteiger partial charge is 0.381 e. The van der Waals surface area contributed by atoms with Crippen LogP contribution in [0.4, 0.5) is 0 Å². The van der Waals surface area contributed by atoms with Crippen LogP contribution in [0.15, 0.2) is 0 Å². The third-order valence-corrected chi connectivity index (χ3v) is 3.26.